The topological polar surface area (TPSA) is 55.9 Å². The summed E-state index contributed by atoms with van der Waals surface area (Å²) in [5.41, 5.74) is 0.471. The molecule has 0 aromatic heterocycles. The molecule has 0 spiro atoms. The van der Waals surface area contributed by atoms with Crippen LogP contribution in [0.4, 0.5) is 10.1 Å². The Morgan fingerprint density at radius 3 is 2.52 bits per heavy atom. The number of likely N-dealkylation sites (N-methyl/N-ethyl adjacent to an activating group) is 1. The van der Waals surface area contributed by atoms with Gasteiger partial charge in [-0.1, -0.05) is 25.3 Å². The van der Waals surface area contributed by atoms with E-state index in [9.17, 15) is 14.0 Å². The Hall–Kier alpha value is -1.99. The van der Waals surface area contributed by atoms with E-state index in [2.05, 4.69) is 15.1 Å². The van der Waals surface area contributed by atoms with Crippen molar-refractivity contribution in [1.29, 1.82) is 0 Å². The SMILES string of the molecule is C[C@H](C(=O)N(C)C1CCCCC1)N1CCN(CC(=O)Nc2cccc(F)c2)CC1. The van der Waals surface area contributed by atoms with Gasteiger partial charge in [0.25, 0.3) is 0 Å². The van der Waals surface area contributed by atoms with Gasteiger partial charge in [-0.2, -0.15) is 0 Å². The molecular formula is C22H33FN4O2. The van der Waals surface area contributed by atoms with Crippen LogP contribution in [-0.2, 0) is 9.59 Å². The first kappa shape index (κ1) is 21.7. The van der Waals surface area contributed by atoms with E-state index in [1.165, 1.54) is 31.4 Å². The van der Waals surface area contributed by atoms with Crippen LogP contribution < -0.4 is 5.32 Å². The molecule has 3 rings (SSSR count). The fourth-order valence-electron chi connectivity index (χ4n) is 4.38. The molecule has 1 aromatic rings. The van der Waals surface area contributed by atoms with Crippen molar-refractivity contribution in [2.45, 2.75) is 51.1 Å². The van der Waals surface area contributed by atoms with Gasteiger partial charge in [-0.15, -0.1) is 0 Å². The van der Waals surface area contributed by atoms with Crippen LogP contribution in [0, 0.1) is 5.82 Å². The highest BCUT2D eigenvalue weighted by atomic mass is 19.1. The highest BCUT2D eigenvalue weighted by Gasteiger charge is 2.31. The first-order chi connectivity index (χ1) is 13.9. The van der Waals surface area contributed by atoms with Crippen LogP contribution >= 0.6 is 0 Å². The van der Waals surface area contributed by atoms with Crippen LogP contribution in [0.25, 0.3) is 0 Å². The van der Waals surface area contributed by atoms with Crippen LogP contribution in [-0.4, -0.2) is 78.4 Å². The summed E-state index contributed by atoms with van der Waals surface area (Å²) in [6, 6.07) is 6.16. The zero-order valence-corrected chi connectivity index (χ0v) is 17.6. The van der Waals surface area contributed by atoms with E-state index in [1.54, 1.807) is 12.1 Å². The van der Waals surface area contributed by atoms with Crippen LogP contribution in [0.2, 0.25) is 0 Å². The number of nitrogens with zero attached hydrogens (tertiary/aromatic N) is 3. The Kier molecular flexibility index (Phi) is 7.61. The number of nitrogens with one attached hydrogen (secondary N) is 1. The third-order valence-corrected chi connectivity index (χ3v) is 6.26. The van der Waals surface area contributed by atoms with Gasteiger partial charge in [0, 0.05) is 45.0 Å². The summed E-state index contributed by atoms with van der Waals surface area (Å²) >= 11 is 0. The second-order valence-corrected chi connectivity index (χ2v) is 8.29. The number of hydrogen-bond acceptors (Lipinski definition) is 4. The summed E-state index contributed by atoms with van der Waals surface area (Å²) in [5.74, 6) is -0.312. The Morgan fingerprint density at radius 2 is 1.86 bits per heavy atom. The van der Waals surface area contributed by atoms with Gasteiger partial charge >= 0.3 is 0 Å². The molecule has 1 aliphatic carbocycles. The Balaban J connectivity index is 1.43. The first-order valence-electron chi connectivity index (χ1n) is 10.7. The minimum absolute atomic E-state index is 0.134. The molecule has 1 aliphatic heterocycles. The summed E-state index contributed by atoms with van der Waals surface area (Å²) in [6.07, 6.45) is 5.94. The van der Waals surface area contributed by atoms with E-state index in [0.29, 0.717) is 11.7 Å². The minimum Gasteiger partial charge on any atom is -0.341 e. The molecular weight excluding hydrogens is 371 g/mol. The van der Waals surface area contributed by atoms with Crippen molar-refractivity contribution in [3.05, 3.63) is 30.1 Å². The average molecular weight is 405 g/mol. The predicted molar refractivity (Wildman–Crippen MR) is 112 cm³/mol. The van der Waals surface area contributed by atoms with Crippen molar-refractivity contribution < 1.29 is 14.0 Å². The molecule has 2 aliphatic rings. The molecule has 1 N–H and O–H groups in total. The van der Waals surface area contributed by atoms with Gasteiger partial charge in [0.15, 0.2) is 0 Å². The molecule has 0 unspecified atom stereocenters. The van der Waals surface area contributed by atoms with Gasteiger partial charge in [0.1, 0.15) is 5.82 Å². The number of carbonyl (C=O) groups is 2. The highest BCUT2D eigenvalue weighted by molar-refractivity contribution is 5.92. The number of benzene rings is 1. The molecule has 2 amide bonds. The van der Waals surface area contributed by atoms with E-state index in [4.69, 9.17) is 0 Å². The summed E-state index contributed by atoms with van der Waals surface area (Å²) in [4.78, 5) is 31.4. The molecule has 6 nitrogen and oxygen atoms in total. The maximum atomic E-state index is 13.2. The zero-order valence-electron chi connectivity index (χ0n) is 17.6. The number of amides is 2. The third-order valence-electron chi connectivity index (χ3n) is 6.26. The van der Waals surface area contributed by atoms with E-state index in [-0.39, 0.29) is 30.2 Å². The fourth-order valence-corrected chi connectivity index (χ4v) is 4.38. The van der Waals surface area contributed by atoms with E-state index >= 15 is 0 Å². The van der Waals surface area contributed by atoms with Crippen LogP contribution in [0.1, 0.15) is 39.0 Å². The lowest BCUT2D eigenvalue weighted by atomic mass is 9.94. The van der Waals surface area contributed by atoms with Gasteiger partial charge in [0.05, 0.1) is 12.6 Å². The summed E-state index contributed by atoms with van der Waals surface area (Å²) in [5, 5.41) is 2.74. The van der Waals surface area contributed by atoms with Crippen LogP contribution in [0.15, 0.2) is 24.3 Å². The molecule has 1 saturated heterocycles. The maximum Gasteiger partial charge on any atom is 0.239 e. The highest BCUT2D eigenvalue weighted by Crippen LogP contribution is 2.23. The Labute approximate surface area is 173 Å². The lowest BCUT2D eigenvalue weighted by Crippen LogP contribution is -2.56. The summed E-state index contributed by atoms with van der Waals surface area (Å²) in [6.45, 7) is 5.27. The zero-order chi connectivity index (χ0) is 20.8. The van der Waals surface area contributed by atoms with Crippen LogP contribution in [0.5, 0.6) is 0 Å². The fraction of sp³-hybridized carbons (Fsp3) is 0.636. The normalized spacial score (nSPS) is 20.2. The monoisotopic (exact) mass is 404 g/mol. The van der Waals surface area contributed by atoms with Gasteiger partial charge < -0.3 is 10.2 Å². The summed E-state index contributed by atoms with van der Waals surface area (Å²) in [7, 11) is 1.95. The molecule has 1 aromatic carbocycles. The van der Waals surface area contributed by atoms with E-state index in [0.717, 1.165) is 39.0 Å². The molecule has 7 heteroatoms. The van der Waals surface area contributed by atoms with E-state index < -0.39 is 0 Å². The van der Waals surface area contributed by atoms with Crippen molar-refractivity contribution in [3.63, 3.8) is 0 Å². The average Bonchev–Trinajstić information content (AvgIpc) is 2.73. The Bertz CT molecular complexity index is 700. The second kappa shape index (κ2) is 10.2. The molecule has 29 heavy (non-hydrogen) atoms. The molecule has 0 bridgehead atoms. The van der Waals surface area contributed by atoms with Crippen molar-refractivity contribution in [1.82, 2.24) is 14.7 Å². The maximum absolute atomic E-state index is 13.2. The number of carbonyl (C=O) groups excluding carboxylic acids is 2. The number of hydrogen-bond donors (Lipinski definition) is 1. The largest absolute Gasteiger partial charge is 0.341 e. The lowest BCUT2D eigenvalue weighted by molar-refractivity contribution is -0.138. The first-order valence-corrected chi connectivity index (χ1v) is 10.7. The number of rotatable bonds is 6. The van der Waals surface area contributed by atoms with Crippen LogP contribution in [0.3, 0.4) is 0 Å². The van der Waals surface area contributed by atoms with Crippen molar-refractivity contribution in [2.24, 2.45) is 0 Å². The van der Waals surface area contributed by atoms with Gasteiger partial charge in [0.2, 0.25) is 11.8 Å². The quantitative estimate of drug-likeness (QED) is 0.792. The summed E-state index contributed by atoms with van der Waals surface area (Å²) < 4.78 is 13.2. The van der Waals surface area contributed by atoms with Gasteiger partial charge in [-0.25, -0.2) is 4.39 Å². The van der Waals surface area contributed by atoms with Crippen molar-refractivity contribution in [2.75, 3.05) is 45.1 Å². The van der Waals surface area contributed by atoms with E-state index in [1.807, 2.05) is 18.9 Å². The van der Waals surface area contributed by atoms with Crippen molar-refractivity contribution >= 4 is 17.5 Å². The predicted octanol–water partition coefficient (Wildman–Crippen LogP) is 2.56. The molecule has 1 saturated carbocycles. The number of anilines is 1. The molecule has 2 fully saturated rings. The van der Waals surface area contributed by atoms with Crippen molar-refractivity contribution in [3.8, 4) is 0 Å². The molecule has 160 valence electrons. The molecule has 0 radical (unpaired) electrons. The van der Waals surface area contributed by atoms with Gasteiger partial charge in [-0.05, 0) is 38.0 Å². The minimum atomic E-state index is -0.367. The second-order valence-electron chi connectivity index (χ2n) is 8.29. The standard InChI is InChI=1S/C22H33FN4O2/c1-17(22(29)25(2)20-9-4-3-5-10-20)27-13-11-26(12-14-27)16-21(28)24-19-8-6-7-18(23)15-19/h6-8,15,17,20H,3-5,9-14,16H2,1-2H3,(H,24,28)/t17-/m1/s1. The third kappa shape index (κ3) is 6.00. The van der Waals surface area contributed by atoms with Gasteiger partial charge in [-0.3, -0.25) is 19.4 Å². The smallest absolute Gasteiger partial charge is 0.239 e. The molecule has 1 heterocycles. The molecule has 1 atom stereocenters. The Morgan fingerprint density at radius 1 is 1.17 bits per heavy atom. The lowest BCUT2D eigenvalue weighted by Gasteiger charge is -2.40. The number of piperazine rings is 1. The number of halogens is 1.